The molecule has 1 rings (SSSR count). The molecular formula is C14H20N2O4. The summed E-state index contributed by atoms with van der Waals surface area (Å²) in [4.78, 5) is 22.7. The maximum atomic E-state index is 11.6. The van der Waals surface area contributed by atoms with E-state index >= 15 is 0 Å². The minimum absolute atomic E-state index is 0.0619. The predicted octanol–water partition coefficient (Wildman–Crippen LogP) is 0.297. The summed E-state index contributed by atoms with van der Waals surface area (Å²) < 4.78 is 5.26. The lowest BCUT2D eigenvalue weighted by molar-refractivity contribution is -0.123. The van der Waals surface area contributed by atoms with Gasteiger partial charge in [0.1, 0.15) is 5.75 Å². The maximum absolute atomic E-state index is 11.6. The first-order valence-corrected chi connectivity index (χ1v) is 6.38. The van der Waals surface area contributed by atoms with Crippen LogP contribution in [0.5, 0.6) is 5.75 Å². The number of nitrogens with two attached hydrogens (primary N) is 1. The summed E-state index contributed by atoms with van der Waals surface area (Å²) in [6.07, 6.45) is -0.600. The highest BCUT2D eigenvalue weighted by Gasteiger charge is 2.12. The standard InChI is InChI=1S/C14H20N2O4/c1-9(2)11(17)7-16-13(18)8-20-12-6-4-3-5-10(12)14(15)19/h3-6,9,11,17H,7-8H2,1-2H3,(H2,15,19)(H,16,18). The van der Waals surface area contributed by atoms with Crippen LogP contribution in [0.3, 0.4) is 0 Å². The van der Waals surface area contributed by atoms with E-state index in [-0.39, 0.29) is 36.3 Å². The summed E-state index contributed by atoms with van der Waals surface area (Å²) in [6.45, 7) is 3.64. The third-order valence-corrected chi connectivity index (χ3v) is 2.79. The summed E-state index contributed by atoms with van der Waals surface area (Å²) in [7, 11) is 0. The number of nitrogens with one attached hydrogen (secondary N) is 1. The van der Waals surface area contributed by atoms with E-state index in [9.17, 15) is 14.7 Å². The quantitative estimate of drug-likeness (QED) is 0.668. The highest BCUT2D eigenvalue weighted by molar-refractivity contribution is 5.95. The van der Waals surface area contributed by atoms with E-state index in [0.29, 0.717) is 0 Å². The molecule has 1 unspecified atom stereocenters. The van der Waals surface area contributed by atoms with Crippen molar-refractivity contribution >= 4 is 11.8 Å². The van der Waals surface area contributed by atoms with Gasteiger partial charge in [0.15, 0.2) is 6.61 Å². The van der Waals surface area contributed by atoms with Crippen LogP contribution in [0.25, 0.3) is 0 Å². The Kier molecular flexibility index (Phi) is 5.99. The van der Waals surface area contributed by atoms with Gasteiger partial charge >= 0.3 is 0 Å². The van der Waals surface area contributed by atoms with Gasteiger partial charge in [0.25, 0.3) is 11.8 Å². The fourth-order valence-electron chi connectivity index (χ4n) is 1.44. The number of amides is 2. The molecule has 6 heteroatoms. The van der Waals surface area contributed by atoms with Gasteiger partial charge in [0.05, 0.1) is 11.7 Å². The largest absolute Gasteiger partial charge is 0.483 e. The number of hydrogen-bond acceptors (Lipinski definition) is 4. The lowest BCUT2D eigenvalue weighted by Crippen LogP contribution is -2.37. The minimum Gasteiger partial charge on any atom is -0.483 e. The molecule has 6 nitrogen and oxygen atoms in total. The molecule has 0 aliphatic carbocycles. The Bertz CT molecular complexity index is 474. The minimum atomic E-state index is -0.615. The zero-order chi connectivity index (χ0) is 15.1. The Morgan fingerprint density at radius 2 is 2.00 bits per heavy atom. The van der Waals surface area contributed by atoms with Crippen LogP contribution in [0, 0.1) is 5.92 Å². The Labute approximate surface area is 117 Å². The molecular weight excluding hydrogens is 260 g/mol. The fourth-order valence-corrected chi connectivity index (χ4v) is 1.44. The smallest absolute Gasteiger partial charge is 0.258 e. The maximum Gasteiger partial charge on any atom is 0.258 e. The second-order valence-electron chi connectivity index (χ2n) is 4.76. The Hall–Kier alpha value is -2.08. The van der Waals surface area contributed by atoms with Crippen molar-refractivity contribution in [1.29, 1.82) is 0 Å². The molecule has 0 spiro atoms. The van der Waals surface area contributed by atoms with Gasteiger partial charge in [-0.2, -0.15) is 0 Å². The van der Waals surface area contributed by atoms with Gasteiger partial charge in [-0.25, -0.2) is 0 Å². The van der Waals surface area contributed by atoms with Crippen LogP contribution in [-0.4, -0.2) is 36.2 Å². The number of benzene rings is 1. The lowest BCUT2D eigenvalue weighted by Gasteiger charge is -2.15. The number of rotatable bonds is 7. The molecule has 0 fully saturated rings. The first kappa shape index (κ1) is 16.0. The number of primary amides is 1. The van der Waals surface area contributed by atoms with Crippen molar-refractivity contribution < 1.29 is 19.4 Å². The van der Waals surface area contributed by atoms with Crippen LogP contribution >= 0.6 is 0 Å². The Balaban J connectivity index is 2.47. The zero-order valence-corrected chi connectivity index (χ0v) is 11.6. The molecule has 1 aromatic carbocycles. The van der Waals surface area contributed by atoms with Crippen molar-refractivity contribution in [3.8, 4) is 5.75 Å². The van der Waals surface area contributed by atoms with Crippen LogP contribution in [-0.2, 0) is 4.79 Å². The number of aliphatic hydroxyl groups excluding tert-OH is 1. The van der Waals surface area contributed by atoms with E-state index in [1.165, 1.54) is 6.07 Å². The Morgan fingerprint density at radius 3 is 2.60 bits per heavy atom. The van der Waals surface area contributed by atoms with E-state index < -0.39 is 12.0 Å². The van der Waals surface area contributed by atoms with Crippen LogP contribution in [0.15, 0.2) is 24.3 Å². The van der Waals surface area contributed by atoms with Gasteiger partial charge in [0.2, 0.25) is 0 Å². The lowest BCUT2D eigenvalue weighted by atomic mass is 10.1. The third-order valence-electron chi connectivity index (χ3n) is 2.79. The van der Waals surface area contributed by atoms with Crippen LogP contribution in [0.2, 0.25) is 0 Å². The number of carbonyl (C=O) groups excluding carboxylic acids is 2. The van der Waals surface area contributed by atoms with Crippen molar-refractivity contribution in [1.82, 2.24) is 5.32 Å². The molecule has 1 aromatic rings. The number of aliphatic hydroxyl groups is 1. The topological polar surface area (TPSA) is 102 Å². The van der Waals surface area contributed by atoms with Gasteiger partial charge in [0, 0.05) is 6.54 Å². The summed E-state index contributed by atoms with van der Waals surface area (Å²) in [5.74, 6) is -0.661. The fraction of sp³-hybridized carbons (Fsp3) is 0.429. The molecule has 4 N–H and O–H groups in total. The average molecular weight is 280 g/mol. The normalized spacial score (nSPS) is 12.0. The van der Waals surface area contributed by atoms with Crippen LogP contribution < -0.4 is 15.8 Å². The molecule has 2 amide bonds. The van der Waals surface area contributed by atoms with Crippen LogP contribution in [0.1, 0.15) is 24.2 Å². The summed E-state index contributed by atoms with van der Waals surface area (Å²) >= 11 is 0. The summed E-state index contributed by atoms with van der Waals surface area (Å²) in [5, 5.41) is 12.1. The molecule has 1 atom stereocenters. The molecule has 0 heterocycles. The monoisotopic (exact) mass is 280 g/mol. The first-order valence-electron chi connectivity index (χ1n) is 6.38. The van der Waals surface area contributed by atoms with Gasteiger partial charge in [-0.1, -0.05) is 26.0 Å². The van der Waals surface area contributed by atoms with E-state index in [0.717, 1.165) is 0 Å². The van der Waals surface area contributed by atoms with E-state index in [4.69, 9.17) is 10.5 Å². The first-order chi connectivity index (χ1) is 9.41. The van der Waals surface area contributed by atoms with Crippen molar-refractivity contribution in [2.45, 2.75) is 20.0 Å². The SMILES string of the molecule is CC(C)C(O)CNC(=O)COc1ccccc1C(N)=O. The van der Waals surface area contributed by atoms with Crippen molar-refractivity contribution in [2.75, 3.05) is 13.2 Å². The second-order valence-corrected chi connectivity index (χ2v) is 4.76. The molecule has 110 valence electrons. The Morgan fingerprint density at radius 1 is 1.35 bits per heavy atom. The molecule has 0 aliphatic heterocycles. The summed E-state index contributed by atoms with van der Waals surface area (Å²) in [5.41, 5.74) is 5.42. The molecule has 0 radical (unpaired) electrons. The molecule has 0 aliphatic rings. The predicted molar refractivity (Wildman–Crippen MR) is 74.3 cm³/mol. The number of ether oxygens (including phenoxy) is 1. The van der Waals surface area contributed by atoms with E-state index in [1.54, 1.807) is 18.2 Å². The molecule has 0 bridgehead atoms. The van der Waals surface area contributed by atoms with Crippen molar-refractivity contribution in [3.63, 3.8) is 0 Å². The van der Waals surface area contributed by atoms with E-state index in [1.807, 2.05) is 13.8 Å². The number of para-hydroxylation sites is 1. The molecule has 0 aromatic heterocycles. The average Bonchev–Trinajstić information content (AvgIpc) is 2.42. The van der Waals surface area contributed by atoms with Crippen LogP contribution in [0.4, 0.5) is 0 Å². The number of carbonyl (C=O) groups is 2. The van der Waals surface area contributed by atoms with Gasteiger partial charge in [-0.15, -0.1) is 0 Å². The summed E-state index contributed by atoms with van der Waals surface area (Å²) in [6, 6.07) is 6.43. The van der Waals surface area contributed by atoms with Gasteiger partial charge < -0.3 is 20.9 Å². The van der Waals surface area contributed by atoms with Crippen molar-refractivity contribution in [3.05, 3.63) is 29.8 Å². The molecule has 0 saturated carbocycles. The third kappa shape index (κ3) is 4.89. The highest BCUT2D eigenvalue weighted by atomic mass is 16.5. The van der Waals surface area contributed by atoms with Crippen molar-refractivity contribution in [2.24, 2.45) is 11.7 Å². The molecule has 0 saturated heterocycles. The zero-order valence-electron chi connectivity index (χ0n) is 11.6. The highest BCUT2D eigenvalue weighted by Crippen LogP contribution is 2.16. The van der Waals surface area contributed by atoms with Gasteiger partial charge in [-0.3, -0.25) is 9.59 Å². The molecule has 20 heavy (non-hydrogen) atoms. The van der Waals surface area contributed by atoms with E-state index in [2.05, 4.69) is 5.32 Å². The number of hydrogen-bond donors (Lipinski definition) is 3. The van der Waals surface area contributed by atoms with Gasteiger partial charge in [-0.05, 0) is 18.1 Å². The second kappa shape index (κ2) is 7.49.